The highest BCUT2D eigenvalue weighted by molar-refractivity contribution is 4.81. The van der Waals surface area contributed by atoms with Gasteiger partial charge in [0.15, 0.2) is 0 Å². The van der Waals surface area contributed by atoms with Crippen LogP contribution in [-0.2, 0) is 0 Å². The van der Waals surface area contributed by atoms with Crippen molar-refractivity contribution in [2.75, 3.05) is 26.2 Å². The largest absolute Gasteiger partial charge is 0.388 e. The van der Waals surface area contributed by atoms with Gasteiger partial charge in [-0.15, -0.1) is 0 Å². The van der Waals surface area contributed by atoms with Crippen molar-refractivity contribution in [3.8, 4) is 0 Å². The number of rotatable bonds is 4. The molecule has 0 aromatic heterocycles. The van der Waals surface area contributed by atoms with E-state index in [4.69, 9.17) is 5.73 Å². The summed E-state index contributed by atoms with van der Waals surface area (Å²) in [7, 11) is 0. The first-order valence-corrected chi connectivity index (χ1v) is 5.72. The van der Waals surface area contributed by atoms with Gasteiger partial charge in [-0.05, 0) is 38.8 Å². The van der Waals surface area contributed by atoms with Gasteiger partial charge in [-0.25, -0.2) is 0 Å². The average molecular weight is 200 g/mol. The molecule has 1 atom stereocenters. The molecule has 14 heavy (non-hydrogen) atoms. The molecule has 1 saturated heterocycles. The van der Waals surface area contributed by atoms with Gasteiger partial charge in [0.05, 0.1) is 5.60 Å². The summed E-state index contributed by atoms with van der Waals surface area (Å²) in [6.07, 6.45) is 3.84. The van der Waals surface area contributed by atoms with Gasteiger partial charge in [0.1, 0.15) is 0 Å². The Morgan fingerprint density at radius 3 is 2.43 bits per heavy atom. The van der Waals surface area contributed by atoms with Crippen molar-refractivity contribution >= 4 is 0 Å². The normalized spacial score (nSPS) is 24.9. The zero-order valence-corrected chi connectivity index (χ0v) is 9.50. The predicted molar refractivity (Wildman–Crippen MR) is 59.1 cm³/mol. The van der Waals surface area contributed by atoms with E-state index in [1.165, 1.54) is 19.3 Å². The van der Waals surface area contributed by atoms with Crippen molar-refractivity contribution < 1.29 is 5.11 Å². The molecule has 3 N–H and O–H groups in total. The Bertz CT molecular complexity index is 163. The van der Waals surface area contributed by atoms with E-state index in [2.05, 4.69) is 11.8 Å². The molecule has 0 radical (unpaired) electrons. The van der Waals surface area contributed by atoms with E-state index < -0.39 is 5.60 Å². The fourth-order valence-corrected chi connectivity index (χ4v) is 2.10. The van der Waals surface area contributed by atoms with E-state index in [1.54, 1.807) is 0 Å². The minimum Gasteiger partial charge on any atom is -0.388 e. The van der Waals surface area contributed by atoms with Gasteiger partial charge in [-0.3, -0.25) is 0 Å². The summed E-state index contributed by atoms with van der Waals surface area (Å²) in [4.78, 5) is 2.33. The second-order valence-electron chi connectivity index (χ2n) is 4.83. The molecule has 0 saturated carbocycles. The Hall–Kier alpha value is -0.120. The lowest BCUT2D eigenvalue weighted by Crippen LogP contribution is -2.48. The van der Waals surface area contributed by atoms with Crippen LogP contribution in [0.1, 0.15) is 33.1 Å². The second kappa shape index (κ2) is 5.10. The summed E-state index contributed by atoms with van der Waals surface area (Å²) < 4.78 is 0. The summed E-state index contributed by atoms with van der Waals surface area (Å²) in [6.45, 7) is 7.39. The fourth-order valence-electron chi connectivity index (χ4n) is 2.10. The van der Waals surface area contributed by atoms with E-state index in [0.717, 1.165) is 25.6 Å². The Morgan fingerprint density at radius 2 is 2.00 bits per heavy atom. The Kier molecular flexibility index (Phi) is 4.35. The van der Waals surface area contributed by atoms with Crippen molar-refractivity contribution in [3.63, 3.8) is 0 Å². The third-order valence-electron chi connectivity index (χ3n) is 3.29. The van der Waals surface area contributed by atoms with Crippen LogP contribution in [-0.4, -0.2) is 41.8 Å². The second-order valence-corrected chi connectivity index (χ2v) is 4.83. The van der Waals surface area contributed by atoms with Gasteiger partial charge in [-0.1, -0.05) is 13.3 Å². The molecule has 0 bridgehead atoms. The highest BCUT2D eigenvalue weighted by Gasteiger charge is 2.25. The van der Waals surface area contributed by atoms with Crippen LogP contribution in [0, 0.1) is 5.92 Å². The molecule has 0 aromatic carbocycles. The number of hydrogen-bond acceptors (Lipinski definition) is 3. The first-order chi connectivity index (χ1) is 6.57. The smallest absolute Gasteiger partial charge is 0.0867 e. The maximum Gasteiger partial charge on any atom is 0.0867 e. The molecule has 0 amide bonds. The van der Waals surface area contributed by atoms with Crippen LogP contribution >= 0.6 is 0 Å². The standard InChI is InChI=1S/C11H24N2O/c1-3-10-4-6-13(7-5-10)9-11(2,14)8-12/h10,14H,3-9,12H2,1-2H3. The molecular formula is C11H24N2O. The maximum atomic E-state index is 9.83. The number of likely N-dealkylation sites (tertiary alicyclic amines) is 1. The zero-order valence-electron chi connectivity index (χ0n) is 9.50. The lowest BCUT2D eigenvalue weighted by Gasteiger charge is -2.35. The van der Waals surface area contributed by atoms with Crippen LogP contribution in [0.5, 0.6) is 0 Å². The van der Waals surface area contributed by atoms with Crippen molar-refractivity contribution in [1.29, 1.82) is 0 Å². The molecular weight excluding hydrogens is 176 g/mol. The number of nitrogens with zero attached hydrogens (tertiary/aromatic N) is 1. The Morgan fingerprint density at radius 1 is 1.43 bits per heavy atom. The van der Waals surface area contributed by atoms with Crippen LogP contribution in [0.3, 0.4) is 0 Å². The van der Waals surface area contributed by atoms with Gasteiger partial charge in [0.25, 0.3) is 0 Å². The van der Waals surface area contributed by atoms with Crippen LogP contribution in [0.2, 0.25) is 0 Å². The molecule has 0 spiro atoms. The topological polar surface area (TPSA) is 49.5 Å². The molecule has 1 heterocycles. The Labute approximate surface area is 87.3 Å². The number of piperidine rings is 1. The van der Waals surface area contributed by atoms with Crippen LogP contribution in [0.4, 0.5) is 0 Å². The third-order valence-corrected chi connectivity index (χ3v) is 3.29. The first-order valence-electron chi connectivity index (χ1n) is 5.72. The summed E-state index contributed by atoms with van der Waals surface area (Å²) >= 11 is 0. The number of hydrogen-bond donors (Lipinski definition) is 2. The highest BCUT2D eigenvalue weighted by atomic mass is 16.3. The van der Waals surface area contributed by atoms with Crippen molar-refractivity contribution in [1.82, 2.24) is 4.90 Å². The minimum atomic E-state index is -0.709. The molecule has 0 aromatic rings. The first kappa shape index (κ1) is 12.0. The van der Waals surface area contributed by atoms with Crippen molar-refractivity contribution in [2.45, 2.75) is 38.7 Å². The molecule has 3 heteroatoms. The van der Waals surface area contributed by atoms with Crippen LogP contribution in [0.25, 0.3) is 0 Å². The molecule has 1 aliphatic rings. The fraction of sp³-hybridized carbons (Fsp3) is 1.00. The SMILES string of the molecule is CCC1CCN(CC(C)(O)CN)CC1. The van der Waals surface area contributed by atoms with Crippen LogP contribution in [0.15, 0.2) is 0 Å². The lowest BCUT2D eigenvalue weighted by atomic mass is 9.93. The van der Waals surface area contributed by atoms with Crippen molar-refractivity contribution in [2.24, 2.45) is 11.7 Å². The molecule has 1 fully saturated rings. The highest BCUT2D eigenvalue weighted by Crippen LogP contribution is 2.20. The summed E-state index contributed by atoms with van der Waals surface area (Å²) in [5, 5.41) is 9.83. The quantitative estimate of drug-likeness (QED) is 0.706. The molecule has 1 rings (SSSR count). The van der Waals surface area contributed by atoms with Gasteiger partial charge < -0.3 is 15.7 Å². The molecule has 1 aliphatic heterocycles. The van der Waals surface area contributed by atoms with Crippen molar-refractivity contribution in [3.05, 3.63) is 0 Å². The monoisotopic (exact) mass is 200 g/mol. The summed E-state index contributed by atoms with van der Waals surface area (Å²) in [5.41, 5.74) is 4.79. The molecule has 0 aliphatic carbocycles. The van der Waals surface area contributed by atoms with Gasteiger partial charge in [-0.2, -0.15) is 0 Å². The number of β-amino-alcohol motifs (C(OH)–C–C–N with tert-alkyl or cyclic N) is 1. The van der Waals surface area contributed by atoms with Gasteiger partial charge in [0.2, 0.25) is 0 Å². The van der Waals surface area contributed by atoms with Gasteiger partial charge in [0, 0.05) is 13.1 Å². The summed E-state index contributed by atoms with van der Waals surface area (Å²) in [5.74, 6) is 0.897. The number of aliphatic hydroxyl groups is 1. The molecule has 84 valence electrons. The average Bonchev–Trinajstić information content (AvgIpc) is 2.19. The van der Waals surface area contributed by atoms with Crippen LogP contribution < -0.4 is 5.73 Å². The minimum absolute atomic E-state index is 0.348. The van der Waals surface area contributed by atoms with E-state index in [1.807, 2.05) is 6.92 Å². The van der Waals surface area contributed by atoms with E-state index in [9.17, 15) is 5.11 Å². The van der Waals surface area contributed by atoms with E-state index in [-0.39, 0.29) is 0 Å². The maximum absolute atomic E-state index is 9.83. The van der Waals surface area contributed by atoms with E-state index >= 15 is 0 Å². The third kappa shape index (κ3) is 3.56. The predicted octanol–water partition coefficient (Wildman–Crippen LogP) is 0.818. The number of nitrogens with two attached hydrogens (primary N) is 1. The van der Waals surface area contributed by atoms with E-state index in [0.29, 0.717) is 6.54 Å². The summed E-state index contributed by atoms with van der Waals surface area (Å²) in [6, 6.07) is 0. The lowest BCUT2D eigenvalue weighted by molar-refractivity contribution is 0.0164. The Balaban J connectivity index is 2.28. The zero-order chi connectivity index (χ0) is 10.6. The molecule has 1 unspecified atom stereocenters. The molecule has 3 nitrogen and oxygen atoms in total. The van der Waals surface area contributed by atoms with Gasteiger partial charge >= 0.3 is 0 Å².